The van der Waals surface area contributed by atoms with E-state index in [-0.39, 0.29) is 18.1 Å². The number of nitrogens with one attached hydrogen (secondary N) is 1. The summed E-state index contributed by atoms with van der Waals surface area (Å²) in [7, 11) is 0. The molecule has 6 heteroatoms. The molecule has 1 aromatic rings. The van der Waals surface area contributed by atoms with Gasteiger partial charge in [-0.15, -0.1) is 0 Å². The van der Waals surface area contributed by atoms with Gasteiger partial charge in [-0.25, -0.2) is 0 Å². The number of carbonyl (C=O) groups is 1. The number of hydrogen-bond donors (Lipinski definition) is 3. The lowest BCUT2D eigenvalue weighted by Gasteiger charge is -2.54. The number of carbonyl (C=O) groups excluding carboxylic acids is 1. The zero-order chi connectivity index (χ0) is 15.8. The average Bonchev–Trinajstić information content (AvgIpc) is 2.49. The number of fused-ring (bicyclic) bond motifs is 3. The van der Waals surface area contributed by atoms with E-state index in [1.807, 2.05) is 0 Å². The molecule has 120 valence electrons. The summed E-state index contributed by atoms with van der Waals surface area (Å²) in [6.45, 7) is -0.0484. The Labute approximate surface area is 134 Å². The molecule has 1 amide bonds. The summed E-state index contributed by atoms with van der Waals surface area (Å²) in [6, 6.07) is 6.88. The van der Waals surface area contributed by atoms with Gasteiger partial charge in [0.15, 0.2) is 6.61 Å². The van der Waals surface area contributed by atoms with Crippen LogP contribution < -0.4 is 15.8 Å². The van der Waals surface area contributed by atoms with Crippen LogP contribution in [0.25, 0.3) is 0 Å². The molecule has 0 unspecified atom stereocenters. The normalized spacial score (nSPS) is 33.5. The molecule has 3 fully saturated rings. The van der Waals surface area contributed by atoms with Crippen LogP contribution in [0.5, 0.6) is 5.75 Å². The first-order chi connectivity index (χ1) is 10.4. The maximum atomic E-state index is 12.1. The predicted molar refractivity (Wildman–Crippen MR) is 83.8 cm³/mol. The Morgan fingerprint density at radius 1 is 1.32 bits per heavy atom. The Morgan fingerprint density at radius 3 is 2.55 bits per heavy atom. The van der Waals surface area contributed by atoms with E-state index in [4.69, 9.17) is 22.1 Å². The zero-order valence-corrected chi connectivity index (χ0v) is 13.1. The molecule has 4 rings (SSSR count). The van der Waals surface area contributed by atoms with Gasteiger partial charge >= 0.3 is 0 Å². The summed E-state index contributed by atoms with van der Waals surface area (Å²) in [5, 5.41) is 13.8. The zero-order valence-electron chi connectivity index (χ0n) is 12.3. The first-order valence-electron chi connectivity index (χ1n) is 7.57. The molecule has 0 heterocycles. The molecule has 1 aromatic carbocycles. The first-order valence-corrected chi connectivity index (χ1v) is 7.95. The highest BCUT2D eigenvalue weighted by molar-refractivity contribution is 6.30. The second kappa shape index (κ2) is 5.72. The van der Waals surface area contributed by atoms with E-state index in [1.165, 1.54) is 0 Å². The number of aliphatic hydroxyl groups excluding tert-OH is 1. The maximum Gasteiger partial charge on any atom is 0.258 e. The lowest BCUT2D eigenvalue weighted by Crippen LogP contribution is -2.68. The number of nitrogens with two attached hydrogens (primary N) is 1. The van der Waals surface area contributed by atoms with Gasteiger partial charge in [-0.2, -0.15) is 0 Å². The van der Waals surface area contributed by atoms with E-state index in [0.29, 0.717) is 17.2 Å². The van der Waals surface area contributed by atoms with Crippen LogP contribution >= 0.6 is 11.6 Å². The van der Waals surface area contributed by atoms with E-state index in [1.54, 1.807) is 24.3 Å². The summed E-state index contributed by atoms with van der Waals surface area (Å²) in [5.74, 6) is 0.430. The van der Waals surface area contributed by atoms with Crippen molar-refractivity contribution in [1.29, 1.82) is 0 Å². The van der Waals surface area contributed by atoms with Crippen LogP contribution in [0.1, 0.15) is 32.1 Å². The Hall–Kier alpha value is -1.30. The molecule has 5 nitrogen and oxygen atoms in total. The van der Waals surface area contributed by atoms with Crippen molar-refractivity contribution in [2.75, 3.05) is 6.61 Å². The Kier molecular flexibility index (Phi) is 4.05. The van der Waals surface area contributed by atoms with Gasteiger partial charge in [0.1, 0.15) is 5.75 Å². The third kappa shape index (κ3) is 3.07. The molecular formula is C16H21ClN2O3. The van der Waals surface area contributed by atoms with Crippen molar-refractivity contribution in [3.8, 4) is 5.75 Å². The molecule has 0 spiro atoms. The summed E-state index contributed by atoms with van der Waals surface area (Å²) in [4.78, 5) is 12.1. The van der Waals surface area contributed by atoms with Crippen LogP contribution in [-0.4, -0.2) is 34.8 Å². The largest absolute Gasteiger partial charge is 0.484 e. The lowest BCUT2D eigenvalue weighted by molar-refractivity contribution is -0.128. The number of amides is 1. The molecule has 1 atom stereocenters. The number of hydrogen-bond acceptors (Lipinski definition) is 4. The van der Waals surface area contributed by atoms with E-state index in [0.717, 1.165) is 25.7 Å². The summed E-state index contributed by atoms with van der Waals surface area (Å²) >= 11 is 5.80. The minimum atomic E-state index is -0.549. The standard InChI is InChI=1S/C16H21ClN2O3/c17-11-1-3-12(4-2-11)22-10-14(21)19-15-5-7-16(18,8-6-15)13(20)9-15/h1-4,13,20H,5-10,18H2,(H,19,21)/t13-,15?,16?/m0/s1. The molecule has 2 bridgehead atoms. The van der Waals surface area contributed by atoms with Crippen LogP contribution in [0.3, 0.4) is 0 Å². The van der Waals surface area contributed by atoms with E-state index < -0.39 is 11.6 Å². The van der Waals surface area contributed by atoms with Gasteiger partial charge < -0.3 is 20.9 Å². The van der Waals surface area contributed by atoms with Crippen molar-refractivity contribution >= 4 is 17.5 Å². The first kappa shape index (κ1) is 15.6. The molecule has 4 N–H and O–H groups in total. The van der Waals surface area contributed by atoms with Crippen molar-refractivity contribution in [2.45, 2.75) is 49.3 Å². The number of rotatable bonds is 4. The van der Waals surface area contributed by atoms with E-state index >= 15 is 0 Å². The molecule has 0 aliphatic heterocycles. The van der Waals surface area contributed by atoms with Gasteiger partial charge in [0, 0.05) is 16.1 Å². The van der Waals surface area contributed by atoms with Gasteiger partial charge in [-0.1, -0.05) is 11.6 Å². The highest BCUT2D eigenvalue weighted by atomic mass is 35.5. The third-order valence-corrected chi connectivity index (χ3v) is 5.23. The SMILES string of the molecule is NC12CCC(NC(=O)COc3ccc(Cl)cc3)(CC1)C[C@@H]2O. The second-order valence-electron chi connectivity index (χ2n) is 6.52. The van der Waals surface area contributed by atoms with E-state index in [9.17, 15) is 9.90 Å². The quantitative estimate of drug-likeness (QED) is 0.785. The van der Waals surface area contributed by atoms with Crippen LogP contribution in [0.15, 0.2) is 24.3 Å². The summed E-state index contributed by atoms with van der Waals surface area (Å²) in [5.41, 5.74) is 5.38. The van der Waals surface area contributed by atoms with Gasteiger partial charge in [0.05, 0.1) is 6.10 Å². The Bertz CT molecular complexity index is 553. The lowest BCUT2D eigenvalue weighted by atomic mass is 9.60. The fourth-order valence-corrected chi connectivity index (χ4v) is 3.62. The van der Waals surface area contributed by atoms with Crippen LogP contribution in [0.2, 0.25) is 5.02 Å². The smallest absolute Gasteiger partial charge is 0.258 e. The fourth-order valence-electron chi connectivity index (χ4n) is 3.49. The monoisotopic (exact) mass is 324 g/mol. The van der Waals surface area contributed by atoms with Crippen molar-refractivity contribution in [3.63, 3.8) is 0 Å². The molecule has 0 radical (unpaired) electrons. The van der Waals surface area contributed by atoms with Crippen LogP contribution in [0, 0.1) is 0 Å². The molecule has 22 heavy (non-hydrogen) atoms. The molecule has 3 saturated carbocycles. The van der Waals surface area contributed by atoms with Gasteiger partial charge in [-0.3, -0.25) is 4.79 Å². The maximum absolute atomic E-state index is 12.1. The minimum Gasteiger partial charge on any atom is -0.484 e. The highest BCUT2D eigenvalue weighted by Gasteiger charge is 2.52. The number of aliphatic hydroxyl groups is 1. The van der Waals surface area contributed by atoms with Gasteiger partial charge in [0.2, 0.25) is 0 Å². The third-order valence-electron chi connectivity index (χ3n) is 4.97. The number of halogens is 1. The fraction of sp³-hybridized carbons (Fsp3) is 0.562. The molecule has 3 aliphatic carbocycles. The summed E-state index contributed by atoms with van der Waals surface area (Å²) < 4.78 is 5.46. The minimum absolute atomic E-state index is 0.0484. The van der Waals surface area contributed by atoms with Crippen LogP contribution in [0.4, 0.5) is 0 Å². The molecular weight excluding hydrogens is 304 g/mol. The van der Waals surface area contributed by atoms with Crippen molar-refractivity contribution in [3.05, 3.63) is 29.3 Å². The van der Waals surface area contributed by atoms with Gasteiger partial charge in [0.25, 0.3) is 5.91 Å². The Morgan fingerprint density at radius 2 is 1.95 bits per heavy atom. The predicted octanol–water partition coefficient (Wildman–Crippen LogP) is 1.61. The second-order valence-corrected chi connectivity index (χ2v) is 6.96. The number of ether oxygens (including phenoxy) is 1. The molecule has 0 aromatic heterocycles. The highest BCUT2D eigenvalue weighted by Crippen LogP contribution is 2.45. The topological polar surface area (TPSA) is 84.6 Å². The Balaban J connectivity index is 1.55. The molecule has 0 saturated heterocycles. The average molecular weight is 325 g/mol. The van der Waals surface area contributed by atoms with Crippen molar-refractivity contribution in [2.24, 2.45) is 5.73 Å². The van der Waals surface area contributed by atoms with Gasteiger partial charge in [-0.05, 0) is 56.4 Å². The van der Waals surface area contributed by atoms with Crippen molar-refractivity contribution < 1.29 is 14.6 Å². The van der Waals surface area contributed by atoms with Crippen molar-refractivity contribution in [1.82, 2.24) is 5.32 Å². The van der Waals surface area contributed by atoms with E-state index in [2.05, 4.69) is 5.32 Å². The van der Waals surface area contributed by atoms with Crippen LogP contribution in [-0.2, 0) is 4.79 Å². The molecule has 3 aliphatic rings. The number of benzene rings is 1. The summed E-state index contributed by atoms with van der Waals surface area (Å²) in [6.07, 6.45) is 3.09.